The van der Waals surface area contributed by atoms with Crippen LogP contribution >= 0.6 is 0 Å². The van der Waals surface area contributed by atoms with Crippen molar-refractivity contribution in [1.29, 1.82) is 0 Å². The second kappa shape index (κ2) is 71.3. The lowest BCUT2D eigenvalue weighted by atomic mass is 10.0. The highest BCUT2D eigenvalue weighted by Gasteiger charge is 2.18. The summed E-state index contributed by atoms with van der Waals surface area (Å²) in [5.74, 6) is -0.0656. The van der Waals surface area contributed by atoms with Gasteiger partial charge in [0.1, 0.15) is 0 Å². The first-order valence-electron chi connectivity index (χ1n) is 35.6. The minimum absolute atomic E-state index is 0.0656. The number of nitrogens with one attached hydrogen (secondary N) is 1. The number of rotatable bonds is 65. The summed E-state index contributed by atoms with van der Waals surface area (Å²) in [5.41, 5.74) is 0. The van der Waals surface area contributed by atoms with Crippen LogP contribution in [-0.4, -0.2) is 34.9 Å². The summed E-state index contributed by atoms with van der Waals surface area (Å²) >= 11 is 0. The first kappa shape index (κ1) is 78.0. The van der Waals surface area contributed by atoms with E-state index in [0.29, 0.717) is 6.42 Å². The zero-order chi connectivity index (χ0) is 58.4. The number of carbonyl (C=O) groups is 1. The fraction of sp³-hybridized carbons (Fsp3) is 0.753. The molecule has 4 heteroatoms. The summed E-state index contributed by atoms with van der Waals surface area (Å²) in [7, 11) is 0. The van der Waals surface area contributed by atoms with E-state index in [9.17, 15) is 15.0 Å². The van der Waals surface area contributed by atoms with Crippen LogP contribution in [0.2, 0.25) is 0 Å². The Morgan fingerprint density at radius 3 is 0.815 bits per heavy atom. The van der Waals surface area contributed by atoms with E-state index in [1.807, 2.05) is 6.08 Å². The van der Waals surface area contributed by atoms with Crippen LogP contribution in [0.4, 0.5) is 0 Å². The van der Waals surface area contributed by atoms with E-state index < -0.39 is 12.1 Å². The van der Waals surface area contributed by atoms with Crippen LogP contribution in [0.1, 0.15) is 354 Å². The van der Waals surface area contributed by atoms with Crippen molar-refractivity contribution in [3.8, 4) is 0 Å². The Labute approximate surface area is 506 Å². The van der Waals surface area contributed by atoms with E-state index >= 15 is 0 Å². The van der Waals surface area contributed by atoms with Crippen molar-refractivity contribution >= 4 is 5.91 Å². The van der Waals surface area contributed by atoms with E-state index in [4.69, 9.17) is 0 Å². The van der Waals surface area contributed by atoms with E-state index in [1.165, 1.54) is 257 Å². The Morgan fingerprint density at radius 2 is 0.543 bits per heavy atom. The van der Waals surface area contributed by atoms with Gasteiger partial charge in [-0.1, -0.05) is 374 Å². The summed E-state index contributed by atoms with van der Waals surface area (Å²) in [4.78, 5) is 12.6. The van der Waals surface area contributed by atoms with Crippen molar-refractivity contribution in [3.05, 3.63) is 109 Å². The molecule has 0 aromatic heterocycles. The number of amides is 1. The smallest absolute Gasteiger partial charge is 0.220 e. The molecule has 3 N–H and O–H groups in total. The molecule has 0 aromatic rings. The molecule has 2 unspecified atom stereocenters. The molecule has 1 amide bonds. The standard InChI is InChI=1S/C77H137NO3/c1-3-5-7-9-11-13-15-17-19-21-23-25-27-29-31-33-35-37-38-39-40-41-43-45-47-49-51-53-55-57-59-61-63-65-67-69-71-73-77(81)78-75(74-79)76(80)72-70-68-66-64-62-60-58-56-54-52-50-48-46-44-42-36-34-32-30-28-26-24-22-20-18-16-14-12-10-8-6-4-2/h5,7,11,13,17,19,23,25,29,31,35,37,39-40,43,45,70,72,75-76,79-80H,3-4,6,8-10,12,14-16,18,20-22,24,26-28,30,32-34,36,38,41-42,44,46-69,71,73-74H2,1-2H3,(H,78,81)/b7-5-,13-11-,19-17-,25-23-,31-29-,37-35-,40-39-,45-43-,72-70+. The summed E-state index contributed by atoms with van der Waals surface area (Å²) in [6.07, 6.45) is 107. The Kier molecular flexibility index (Phi) is 68.7. The second-order valence-corrected chi connectivity index (χ2v) is 23.9. The third-order valence-electron chi connectivity index (χ3n) is 16.0. The molecule has 0 saturated heterocycles. The Hall–Kier alpha value is -2.95. The zero-order valence-electron chi connectivity index (χ0n) is 54.0. The molecule has 4 nitrogen and oxygen atoms in total. The molecule has 0 fully saturated rings. The normalized spacial score (nSPS) is 13.4. The van der Waals surface area contributed by atoms with E-state index in [2.05, 4.69) is 116 Å². The van der Waals surface area contributed by atoms with Crippen molar-refractivity contribution in [2.45, 2.75) is 366 Å². The fourth-order valence-electron chi connectivity index (χ4n) is 10.7. The first-order valence-corrected chi connectivity index (χ1v) is 35.6. The number of hydrogen-bond acceptors (Lipinski definition) is 3. The number of hydrogen-bond donors (Lipinski definition) is 3. The predicted octanol–water partition coefficient (Wildman–Crippen LogP) is 24.5. The quantitative estimate of drug-likeness (QED) is 0.0420. The molecule has 468 valence electrons. The summed E-state index contributed by atoms with van der Waals surface area (Å²) in [6.45, 7) is 4.22. The topological polar surface area (TPSA) is 69.6 Å². The van der Waals surface area contributed by atoms with Gasteiger partial charge in [0.25, 0.3) is 0 Å². The van der Waals surface area contributed by atoms with Crippen LogP contribution in [0.5, 0.6) is 0 Å². The average Bonchev–Trinajstić information content (AvgIpc) is 3.47. The molecule has 0 heterocycles. The van der Waals surface area contributed by atoms with Crippen LogP contribution < -0.4 is 5.32 Å². The molecule has 0 radical (unpaired) electrons. The number of aliphatic hydroxyl groups is 2. The lowest BCUT2D eigenvalue weighted by Crippen LogP contribution is -2.45. The van der Waals surface area contributed by atoms with Gasteiger partial charge in [-0.2, -0.15) is 0 Å². The SMILES string of the molecule is CC/C=C\C/C=C\C/C=C\C/C=C\C/C=C\C/C=C\C/C=C\C/C=C\CCCCCCCCCCCCCCC(=O)NC(CO)C(O)/C=C/CCCCCCCCCCCCCCCCCCCCCCCCCCCCCCCC. The Morgan fingerprint density at radius 1 is 0.309 bits per heavy atom. The Bertz CT molecular complexity index is 1510. The minimum Gasteiger partial charge on any atom is -0.394 e. The molecular weight excluding hydrogens is 987 g/mol. The van der Waals surface area contributed by atoms with Crippen molar-refractivity contribution in [2.24, 2.45) is 0 Å². The maximum absolute atomic E-state index is 12.6. The zero-order valence-corrected chi connectivity index (χ0v) is 54.0. The number of allylic oxidation sites excluding steroid dienone is 17. The molecule has 0 aliphatic carbocycles. The van der Waals surface area contributed by atoms with Gasteiger partial charge >= 0.3 is 0 Å². The minimum atomic E-state index is -0.848. The molecule has 0 aliphatic heterocycles. The first-order chi connectivity index (χ1) is 40.2. The van der Waals surface area contributed by atoms with Gasteiger partial charge in [0.05, 0.1) is 18.8 Å². The van der Waals surface area contributed by atoms with Crippen LogP contribution in [0.3, 0.4) is 0 Å². The van der Waals surface area contributed by atoms with Gasteiger partial charge in [0.2, 0.25) is 5.91 Å². The largest absolute Gasteiger partial charge is 0.394 e. The molecule has 0 aliphatic rings. The molecule has 0 aromatic carbocycles. The maximum Gasteiger partial charge on any atom is 0.220 e. The molecule has 81 heavy (non-hydrogen) atoms. The van der Waals surface area contributed by atoms with Gasteiger partial charge in [-0.15, -0.1) is 0 Å². The van der Waals surface area contributed by atoms with Crippen molar-refractivity contribution in [2.75, 3.05) is 6.61 Å². The highest BCUT2D eigenvalue weighted by molar-refractivity contribution is 5.76. The van der Waals surface area contributed by atoms with E-state index in [1.54, 1.807) is 6.08 Å². The van der Waals surface area contributed by atoms with Crippen LogP contribution in [0.25, 0.3) is 0 Å². The van der Waals surface area contributed by atoms with Crippen molar-refractivity contribution in [3.63, 3.8) is 0 Å². The lowest BCUT2D eigenvalue weighted by Gasteiger charge is -2.20. The third-order valence-corrected chi connectivity index (χ3v) is 16.0. The van der Waals surface area contributed by atoms with Crippen molar-refractivity contribution < 1.29 is 15.0 Å². The number of unbranched alkanes of at least 4 members (excludes halogenated alkanes) is 42. The lowest BCUT2D eigenvalue weighted by molar-refractivity contribution is -0.123. The predicted molar refractivity (Wildman–Crippen MR) is 363 cm³/mol. The molecular formula is C77H137NO3. The highest BCUT2D eigenvalue weighted by Crippen LogP contribution is 2.18. The monoisotopic (exact) mass is 1120 g/mol. The van der Waals surface area contributed by atoms with Gasteiger partial charge < -0.3 is 15.5 Å². The summed E-state index contributed by atoms with van der Waals surface area (Å²) < 4.78 is 0. The maximum atomic E-state index is 12.6. The van der Waals surface area contributed by atoms with Crippen molar-refractivity contribution in [1.82, 2.24) is 5.32 Å². The third kappa shape index (κ3) is 67.7. The van der Waals surface area contributed by atoms with E-state index in [-0.39, 0.29) is 12.5 Å². The van der Waals surface area contributed by atoms with Gasteiger partial charge in [-0.05, 0) is 83.5 Å². The van der Waals surface area contributed by atoms with Gasteiger partial charge in [0.15, 0.2) is 0 Å². The number of carbonyl (C=O) groups excluding carboxylic acids is 1. The van der Waals surface area contributed by atoms with Gasteiger partial charge in [-0.3, -0.25) is 4.79 Å². The van der Waals surface area contributed by atoms with E-state index in [0.717, 1.165) is 77.0 Å². The molecule has 0 rings (SSSR count). The van der Waals surface area contributed by atoms with Crippen LogP contribution in [-0.2, 0) is 4.79 Å². The molecule has 0 saturated carbocycles. The second-order valence-electron chi connectivity index (χ2n) is 23.9. The number of aliphatic hydroxyl groups excluding tert-OH is 2. The summed E-state index contributed by atoms with van der Waals surface area (Å²) in [6, 6.07) is -0.632. The van der Waals surface area contributed by atoms with Crippen LogP contribution in [0.15, 0.2) is 109 Å². The summed E-state index contributed by atoms with van der Waals surface area (Å²) in [5, 5.41) is 23.3. The average molecular weight is 1120 g/mol. The molecule has 2 atom stereocenters. The highest BCUT2D eigenvalue weighted by atomic mass is 16.3. The van der Waals surface area contributed by atoms with Gasteiger partial charge in [-0.25, -0.2) is 0 Å². The fourth-order valence-corrected chi connectivity index (χ4v) is 10.7. The molecule has 0 spiro atoms. The van der Waals surface area contributed by atoms with Gasteiger partial charge in [0, 0.05) is 6.42 Å². The van der Waals surface area contributed by atoms with Crippen LogP contribution in [0, 0.1) is 0 Å². The molecule has 0 bridgehead atoms. The Balaban J connectivity index is 3.51.